The van der Waals surface area contributed by atoms with Gasteiger partial charge in [0.15, 0.2) is 0 Å². The Labute approximate surface area is 131 Å². The van der Waals surface area contributed by atoms with Crippen molar-refractivity contribution >= 4 is 5.69 Å². The molecule has 2 aromatic rings. The summed E-state index contributed by atoms with van der Waals surface area (Å²) in [7, 11) is 0. The number of piperidine rings is 1. The summed E-state index contributed by atoms with van der Waals surface area (Å²) in [4.78, 5) is 26.5. The van der Waals surface area contributed by atoms with Crippen molar-refractivity contribution in [2.45, 2.75) is 40.5 Å². The van der Waals surface area contributed by atoms with Crippen molar-refractivity contribution in [3.05, 3.63) is 49.3 Å². The van der Waals surface area contributed by atoms with Crippen LogP contribution in [-0.2, 0) is 0 Å². The predicted molar refractivity (Wildman–Crippen MR) is 91.6 cm³/mol. The van der Waals surface area contributed by atoms with Crippen LogP contribution < -0.4 is 15.8 Å². The molecule has 0 spiro atoms. The predicted octanol–water partition coefficient (Wildman–Crippen LogP) is 3.11. The van der Waals surface area contributed by atoms with Gasteiger partial charge in [-0.1, -0.05) is 19.1 Å². The van der Waals surface area contributed by atoms with E-state index in [-0.39, 0.29) is 10.9 Å². The van der Waals surface area contributed by atoms with Gasteiger partial charge < -0.3 is 4.90 Å². The van der Waals surface area contributed by atoms with E-state index in [2.05, 4.69) is 30.9 Å². The van der Waals surface area contributed by atoms with Crippen LogP contribution in [0.4, 0.5) is 5.69 Å². The number of benzene rings is 1. The van der Waals surface area contributed by atoms with Gasteiger partial charge in [0.1, 0.15) is 5.69 Å². The van der Waals surface area contributed by atoms with Crippen LogP contribution in [0.1, 0.15) is 36.5 Å². The lowest BCUT2D eigenvalue weighted by Crippen LogP contribution is -2.45. The first-order valence-corrected chi connectivity index (χ1v) is 8.06. The molecule has 116 valence electrons. The van der Waals surface area contributed by atoms with E-state index in [1.807, 2.05) is 13.8 Å². The van der Waals surface area contributed by atoms with E-state index in [1.54, 1.807) is 0 Å². The Bertz CT molecular complexity index is 796. The minimum Gasteiger partial charge on any atom is -0.367 e. The van der Waals surface area contributed by atoms with Crippen molar-refractivity contribution in [2.24, 2.45) is 5.92 Å². The van der Waals surface area contributed by atoms with Gasteiger partial charge in [-0.15, -0.1) is 0 Å². The zero-order valence-electron chi connectivity index (χ0n) is 13.8. The van der Waals surface area contributed by atoms with Crippen molar-refractivity contribution in [3.8, 4) is 11.1 Å². The molecule has 0 aliphatic carbocycles. The fourth-order valence-corrected chi connectivity index (χ4v) is 3.55. The van der Waals surface area contributed by atoms with Crippen molar-refractivity contribution in [1.82, 2.24) is 0 Å². The third kappa shape index (κ3) is 2.29. The quantitative estimate of drug-likeness (QED) is 0.799. The summed E-state index contributed by atoms with van der Waals surface area (Å²) < 4.78 is 0. The largest absolute Gasteiger partial charge is 0.367 e. The van der Waals surface area contributed by atoms with E-state index in [0.29, 0.717) is 17.2 Å². The maximum Gasteiger partial charge on any atom is 0.250 e. The highest BCUT2D eigenvalue weighted by Crippen LogP contribution is 2.33. The van der Waals surface area contributed by atoms with Crippen molar-refractivity contribution in [2.75, 3.05) is 18.0 Å². The monoisotopic (exact) mass is 297 g/mol. The summed E-state index contributed by atoms with van der Waals surface area (Å²) in [6.45, 7) is 10.1. The molecule has 1 heterocycles. The van der Waals surface area contributed by atoms with E-state index in [4.69, 9.17) is 0 Å². The Morgan fingerprint density at radius 1 is 1.00 bits per heavy atom. The zero-order valence-corrected chi connectivity index (χ0v) is 13.8. The average molecular weight is 297 g/mol. The Balaban J connectivity index is 2.10. The Kier molecular flexibility index (Phi) is 3.67. The second-order valence-corrected chi connectivity index (χ2v) is 6.83. The molecule has 2 aromatic carbocycles. The maximum absolute atomic E-state index is 12.2. The number of aryl methyl sites for hydroxylation is 3. The minimum absolute atomic E-state index is 0.304. The first-order chi connectivity index (χ1) is 10.4. The molecule has 0 aromatic heterocycles. The van der Waals surface area contributed by atoms with Gasteiger partial charge in [-0.05, 0) is 61.8 Å². The van der Waals surface area contributed by atoms with Crippen LogP contribution >= 0.6 is 0 Å². The summed E-state index contributed by atoms with van der Waals surface area (Å²) in [6, 6.07) is 4.15. The van der Waals surface area contributed by atoms with Gasteiger partial charge >= 0.3 is 0 Å². The first kappa shape index (κ1) is 15.0. The number of rotatable bonds is 2. The molecule has 1 fully saturated rings. The number of hydrogen-bond acceptors (Lipinski definition) is 3. The molecule has 1 unspecified atom stereocenters. The fourth-order valence-electron chi connectivity index (χ4n) is 3.55. The van der Waals surface area contributed by atoms with Gasteiger partial charge in [0.05, 0.1) is 5.56 Å². The summed E-state index contributed by atoms with van der Waals surface area (Å²) in [6.07, 6.45) is 2.29. The van der Waals surface area contributed by atoms with Crippen LogP contribution in [0.15, 0.2) is 21.7 Å². The molecule has 0 radical (unpaired) electrons. The van der Waals surface area contributed by atoms with E-state index in [0.717, 1.165) is 36.2 Å². The highest BCUT2D eigenvalue weighted by Gasteiger charge is 2.30. The summed E-state index contributed by atoms with van der Waals surface area (Å²) in [5, 5.41) is 0. The van der Waals surface area contributed by atoms with Crippen LogP contribution in [0.2, 0.25) is 0 Å². The fraction of sp³-hybridized carbons (Fsp3) is 0.474. The van der Waals surface area contributed by atoms with Gasteiger partial charge in [-0.2, -0.15) is 0 Å². The molecule has 0 saturated carbocycles. The van der Waals surface area contributed by atoms with Gasteiger partial charge in [0, 0.05) is 13.1 Å². The van der Waals surface area contributed by atoms with E-state index in [1.165, 1.54) is 12.0 Å². The third-order valence-electron chi connectivity index (χ3n) is 4.97. The normalized spacial score (nSPS) is 18.9. The molecule has 0 bridgehead atoms. The van der Waals surface area contributed by atoms with Gasteiger partial charge in [-0.25, -0.2) is 0 Å². The smallest absolute Gasteiger partial charge is 0.250 e. The molecule has 3 nitrogen and oxygen atoms in total. The standard InChI is InChI=1S/C19H23NO2/c1-11-6-5-7-20(10-11)17-16(18(21)19(17)22)15-9-13(3)12(2)8-14(15)4/h8-9,11H,5-7,10H2,1-4H3. The molecule has 1 atom stereocenters. The van der Waals surface area contributed by atoms with E-state index >= 15 is 0 Å². The Morgan fingerprint density at radius 2 is 1.68 bits per heavy atom. The SMILES string of the molecule is Cc1cc(C)c(-c2c(N3CCCC(C)C3)c(=O)c2=O)cc1C. The van der Waals surface area contributed by atoms with Crippen LogP contribution in [0.3, 0.4) is 0 Å². The van der Waals surface area contributed by atoms with Crippen LogP contribution in [-0.4, -0.2) is 13.1 Å². The van der Waals surface area contributed by atoms with Crippen LogP contribution in [0.25, 0.3) is 11.1 Å². The lowest BCUT2D eigenvalue weighted by molar-refractivity contribution is 0.446. The van der Waals surface area contributed by atoms with Gasteiger partial charge in [-0.3, -0.25) is 9.59 Å². The highest BCUT2D eigenvalue weighted by molar-refractivity contribution is 5.84. The van der Waals surface area contributed by atoms with Crippen LogP contribution in [0.5, 0.6) is 0 Å². The van der Waals surface area contributed by atoms with Gasteiger partial charge in [0.25, 0.3) is 0 Å². The zero-order chi connectivity index (χ0) is 16.0. The molecule has 22 heavy (non-hydrogen) atoms. The molecule has 3 rings (SSSR count). The molecule has 1 aliphatic rings. The van der Waals surface area contributed by atoms with Crippen LogP contribution in [0, 0.1) is 26.7 Å². The van der Waals surface area contributed by atoms with Gasteiger partial charge in [0.2, 0.25) is 10.9 Å². The topological polar surface area (TPSA) is 37.4 Å². The second-order valence-electron chi connectivity index (χ2n) is 6.83. The lowest BCUT2D eigenvalue weighted by atomic mass is 9.90. The summed E-state index contributed by atoms with van der Waals surface area (Å²) in [5.74, 6) is 0.576. The number of nitrogens with zero attached hydrogens (tertiary/aromatic N) is 1. The minimum atomic E-state index is -0.320. The first-order valence-electron chi connectivity index (χ1n) is 8.06. The molecule has 1 saturated heterocycles. The molecule has 1 aliphatic heterocycles. The highest BCUT2D eigenvalue weighted by atomic mass is 16.2. The van der Waals surface area contributed by atoms with Crippen molar-refractivity contribution < 1.29 is 0 Å². The lowest BCUT2D eigenvalue weighted by Gasteiger charge is -2.34. The maximum atomic E-state index is 12.2. The Hall–Kier alpha value is -1.90. The second kappa shape index (κ2) is 5.38. The molecule has 0 amide bonds. The molecule has 0 N–H and O–H groups in total. The molecular formula is C19H23NO2. The molecular weight excluding hydrogens is 274 g/mol. The summed E-state index contributed by atoms with van der Waals surface area (Å²) in [5.41, 5.74) is 5.05. The van der Waals surface area contributed by atoms with Crippen molar-refractivity contribution in [1.29, 1.82) is 0 Å². The van der Waals surface area contributed by atoms with E-state index in [9.17, 15) is 9.59 Å². The van der Waals surface area contributed by atoms with E-state index < -0.39 is 0 Å². The van der Waals surface area contributed by atoms with Crippen molar-refractivity contribution in [3.63, 3.8) is 0 Å². The number of anilines is 1. The molecule has 3 heteroatoms. The third-order valence-corrected chi connectivity index (χ3v) is 4.97. The average Bonchev–Trinajstić information content (AvgIpc) is 2.48. The summed E-state index contributed by atoms with van der Waals surface area (Å²) >= 11 is 0. The number of hydrogen-bond donors (Lipinski definition) is 0. The Morgan fingerprint density at radius 3 is 2.36 bits per heavy atom.